The second kappa shape index (κ2) is 46.8. The first-order chi connectivity index (χ1) is 67.8. The molecule has 2 aliphatic heterocycles. The van der Waals surface area contributed by atoms with Gasteiger partial charge in [0.1, 0.15) is 11.5 Å². The Bertz CT molecular complexity index is 7960. The predicted molar refractivity (Wildman–Crippen MR) is 550 cm³/mol. The quantitative estimate of drug-likeness (QED) is 0.0653. The van der Waals surface area contributed by atoms with Crippen molar-refractivity contribution in [3.63, 3.8) is 0 Å². The molecule has 24 rings (SSSR count). The van der Waals surface area contributed by atoms with Crippen molar-refractivity contribution in [2.75, 3.05) is 9.80 Å². The summed E-state index contributed by atoms with van der Waals surface area (Å²) in [6, 6.07) is 154. The maximum atomic E-state index is 6.69. The summed E-state index contributed by atoms with van der Waals surface area (Å²) in [6.07, 6.45) is 31.4. The van der Waals surface area contributed by atoms with Crippen LogP contribution in [0, 0.1) is 67.1 Å². The molecule has 0 aliphatic carbocycles. The summed E-state index contributed by atoms with van der Waals surface area (Å²) < 4.78 is 8.25. The van der Waals surface area contributed by atoms with Gasteiger partial charge in [-0.05, 0) is 151 Å². The van der Waals surface area contributed by atoms with E-state index >= 15 is 0 Å². The minimum absolute atomic E-state index is 0. The fourth-order valence-electron chi connectivity index (χ4n) is 15.9. The standard InChI is InChI=1S/C34H22N4.C32H20N4O.C32H20N4.C10H5.2C8H5.3Au/c1-2-8-24(9-3-1)25-15-17-26(18-16-25)31-23-32(37-36-31)29-11-6-13-30(22-29)38-33-14-5-4-10-27(33)19-20-28-12-7-21-35-34(28)38;1-2-8-22(9-3-1)23-15-17-24(18-16-23)27-21-34-31(35-27)25-10-6-11-26(20-25)36-28-12-4-5-13-29(28)37-30-14-7-19-33-32(30)36;1-2-8-22(9-3-1)23-15-17-24(18-16-23)29-21-30(35-34-29)25-10-6-11-26(20-25)36-31-14-5-4-12-27(31)28-13-7-19-33-32(28)36;1-2-3-7-10-8-5-4-6-9-10;2*1-2-8-6-4-3-5-7-8;;;/h1-21,23H;1-19,21H;1-19,21H;4-6,8-9H;2*3-7H;;;/q3*-2;3*-1;3*+3. The van der Waals surface area contributed by atoms with Crippen LogP contribution in [0.2, 0.25) is 0 Å². The second-order valence-electron chi connectivity index (χ2n) is 31.3. The van der Waals surface area contributed by atoms with E-state index in [1.165, 1.54) is 38.8 Å². The molecule has 16 heteroatoms. The van der Waals surface area contributed by atoms with Crippen LogP contribution in [0.4, 0.5) is 34.4 Å². The van der Waals surface area contributed by atoms with Crippen molar-refractivity contribution in [2.24, 2.45) is 0 Å². The van der Waals surface area contributed by atoms with Crippen LogP contribution in [0.1, 0.15) is 27.8 Å². The number of rotatable bonds is 12. The average Bonchev–Trinajstić information content (AvgIpc) is 1.68. The Labute approximate surface area is 861 Å². The van der Waals surface area contributed by atoms with Gasteiger partial charge in [0, 0.05) is 51.9 Å². The summed E-state index contributed by atoms with van der Waals surface area (Å²) >= 11 is 0. The van der Waals surface area contributed by atoms with E-state index in [9.17, 15) is 0 Å². The molecular weight excluding hydrogens is 2260 g/mol. The van der Waals surface area contributed by atoms with Crippen LogP contribution in [0.5, 0.6) is 11.5 Å². The monoisotopic (exact) mass is 2340 g/mol. The molecule has 0 saturated carbocycles. The molecule has 0 spiro atoms. The number of ether oxygens (including phenoxy) is 1. The van der Waals surface area contributed by atoms with Crippen molar-refractivity contribution in [2.45, 2.75) is 0 Å². The number of hydrogen-bond donors (Lipinski definition) is 0. The number of benzene rings is 15. The SMILES string of the molecule is [Au+3].[Au+3].[Au+3].[C-]#CC#Cc1ccccc1.[C-]#Cc1ccccc1.[C-]#Cc1ccccc1.[c-]1c(-c2cc(-c3ccc(-c4ccccc4)cc3)n[n-]2)cccc1-n1c2ccccc2c2cccnc21.[c-]1c(-c2cc(-c3ccc(-c4ccccc4)cc3)n[n-]2)cccc1N1c2ccccc2C=Cc2cccnc21.[c-]1c(-c2nc(-c3ccc(-c4ccccc4)cc3)c[n-]2)cccc1N1c2ccccc2Oc2cccnc21. The van der Waals surface area contributed by atoms with Gasteiger partial charge in [-0.25, -0.2) is 32.3 Å². The van der Waals surface area contributed by atoms with Gasteiger partial charge >= 0.3 is 67.1 Å². The van der Waals surface area contributed by atoms with E-state index in [1.54, 1.807) is 6.20 Å². The number of fused-ring (bicyclic) bond motifs is 7. The molecule has 0 amide bonds. The molecule has 22 aromatic rings. The van der Waals surface area contributed by atoms with Crippen LogP contribution >= 0.6 is 0 Å². The van der Waals surface area contributed by atoms with Gasteiger partial charge in [0.15, 0.2) is 17.3 Å². The Morgan fingerprint density at radius 3 is 1.26 bits per heavy atom. The summed E-state index contributed by atoms with van der Waals surface area (Å²) in [4.78, 5) is 27.7. The minimum Gasteiger partial charge on any atom is -0.618 e. The van der Waals surface area contributed by atoms with Crippen molar-refractivity contribution in [3.8, 4) is 148 Å². The number of nitrogens with zero attached hydrogens (tertiary/aromatic N) is 12. The Kier molecular flexibility index (Phi) is 32.1. The van der Waals surface area contributed by atoms with Gasteiger partial charge in [0.2, 0.25) is 0 Å². The van der Waals surface area contributed by atoms with Gasteiger partial charge in [-0.1, -0.05) is 297 Å². The molecule has 672 valence electrons. The first-order valence-corrected chi connectivity index (χ1v) is 44.2. The summed E-state index contributed by atoms with van der Waals surface area (Å²) in [7, 11) is 0. The number of imidazole rings is 1. The predicted octanol–water partition coefficient (Wildman–Crippen LogP) is 28.2. The number of anilines is 6. The topological polar surface area (TPSA) is 140 Å². The van der Waals surface area contributed by atoms with Gasteiger partial charge in [0.05, 0.1) is 16.9 Å². The van der Waals surface area contributed by atoms with E-state index in [0.29, 0.717) is 11.6 Å². The van der Waals surface area contributed by atoms with Gasteiger partial charge < -0.3 is 68.7 Å². The maximum Gasteiger partial charge on any atom is 3.00 e. The van der Waals surface area contributed by atoms with Crippen LogP contribution in [0.3, 0.4) is 0 Å². The normalized spacial score (nSPS) is 10.8. The zero-order chi connectivity index (χ0) is 92.7. The van der Waals surface area contributed by atoms with Crippen LogP contribution in [0.15, 0.2) is 455 Å². The Morgan fingerprint density at radius 1 is 0.314 bits per heavy atom. The van der Waals surface area contributed by atoms with Crippen molar-refractivity contribution in [1.29, 1.82) is 0 Å². The zero-order valence-electron chi connectivity index (χ0n) is 74.6. The average molecular weight is 2340 g/mol. The number of aromatic nitrogens is 10. The molecule has 0 saturated heterocycles. The Hall–Kier alpha value is -17.2. The van der Waals surface area contributed by atoms with E-state index in [4.69, 9.17) is 34.0 Å². The Morgan fingerprint density at radius 2 is 0.714 bits per heavy atom. The van der Waals surface area contributed by atoms with Crippen LogP contribution in [-0.4, -0.2) is 34.7 Å². The van der Waals surface area contributed by atoms with E-state index in [2.05, 4.69) is 310 Å². The van der Waals surface area contributed by atoms with Crippen molar-refractivity contribution in [1.82, 2.24) is 49.9 Å². The van der Waals surface area contributed by atoms with Crippen LogP contribution in [-0.2, 0) is 67.1 Å². The summed E-state index contributed by atoms with van der Waals surface area (Å²) in [5.74, 6) is 15.4. The van der Waals surface area contributed by atoms with Crippen LogP contribution < -0.4 is 29.7 Å². The zero-order valence-corrected chi connectivity index (χ0v) is 81.1. The molecule has 0 fully saturated rings. The number of pyridine rings is 3. The molecule has 9 heterocycles. The first kappa shape index (κ1) is 95.9. The number of hydrogen-bond acceptors (Lipinski definition) is 9. The smallest absolute Gasteiger partial charge is 0.618 e. The molecule has 0 radical (unpaired) electrons. The third-order valence-electron chi connectivity index (χ3n) is 22.6. The van der Waals surface area contributed by atoms with Gasteiger partial charge in [0.25, 0.3) is 0 Å². The fourth-order valence-corrected chi connectivity index (χ4v) is 15.9. The third-order valence-corrected chi connectivity index (χ3v) is 22.6. The van der Waals surface area contributed by atoms with E-state index in [0.717, 1.165) is 152 Å². The summed E-state index contributed by atoms with van der Waals surface area (Å²) in [6.45, 7) is 0. The largest absolute Gasteiger partial charge is 3.00 e. The molecule has 140 heavy (non-hydrogen) atoms. The van der Waals surface area contributed by atoms with E-state index in [-0.39, 0.29) is 67.1 Å². The molecule has 15 aromatic carbocycles. The Balaban J connectivity index is 0.000000132. The van der Waals surface area contributed by atoms with Crippen molar-refractivity contribution >= 4 is 68.5 Å². The van der Waals surface area contributed by atoms with Crippen molar-refractivity contribution < 1.29 is 71.9 Å². The molecule has 0 atom stereocenters. The van der Waals surface area contributed by atoms with Gasteiger partial charge in [-0.2, -0.15) is 22.6 Å². The summed E-state index contributed by atoms with van der Waals surface area (Å²) in [5.41, 5.74) is 28.3. The van der Waals surface area contributed by atoms with E-state index in [1.807, 2.05) is 249 Å². The molecular formula is C124H77Au3N12O. The van der Waals surface area contributed by atoms with Gasteiger partial charge in [-0.3, -0.25) is 17.8 Å². The molecule has 0 N–H and O–H groups in total. The molecule has 7 aromatic heterocycles. The summed E-state index contributed by atoms with van der Waals surface area (Å²) in [5, 5.41) is 20.3. The molecule has 0 unspecified atom stereocenters. The van der Waals surface area contributed by atoms with Gasteiger partial charge in [-0.15, -0.1) is 114 Å². The molecule has 13 nitrogen and oxygen atoms in total. The van der Waals surface area contributed by atoms with Crippen molar-refractivity contribution in [3.05, 3.63) is 521 Å². The first-order valence-electron chi connectivity index (χ1n) is 44.2. The van der Waals surface area contributed by atoms with E-state index < -0.39 is 0 Å². The minimum atomic E-state index is 0. The molecule has 0 bridgehead atoms. The maximum absolute atomic E-state index is 6.69. The third kappa shape index (κ3) is 22.6. The second-order valence-corrected chi connectivity index (χ2v) is 31.3. The molecule has 2 aliphatic rings. The fraction of sp³-hybridized carbons (Fsp3) is 0. The van der Waals surface area contributed by atoms with Crippen LogP contribution in [0.25, 0.3) is 141 Å². The number of para-hydroxylation sites is 4.